The highest BCUT2D eigenvalue weighted by atomic mass is 35.5. The molecular formula is C17H26ClN3O3S. The Hall–Kier alpha value is -1.31. The third-order valence-corrected chi connectivity index (χ3v) is 6.57. The first-order valence-electron chi connectivity index (χ1n) is 8.55. The zero-order chi connectivity index (χ0) is 17.3. The van der Waals surface area contributed by atoms with Crippen LogP contribution in [0.4, 0.5) is 5.69 Å². The number of hydrogen-bond donors (Lipinski definition) is 2. The number of nitrogens with two attached hydrogens (primary N) is 1. The van der Waals surface area contributed by atoms with E-state index in [9.17, 15) is 13.2 Å². The maximum atomic E-state index is 12.9. The van der Waals surface area contributed by atoms with E-state index < -0.39 is 10.0 Å². The first-order chi connectivity index (χ1) is 11.4. The van der Waals surface area contributed by atoms with E-state index in [1.54, 1.807) is 24.3 Å². The number of nitrogens with zero attached hydrogens (tertiary/aromatic N) is 1. The summed E-state index contributed by atoms with van der Waals surface area (Å²) in [5.74, 6) is 0.773. The Morgan fingerprint density at radius 1 is 1.28 bits per heavy atom. The molecule has 1 aromatic rings. The molecule has 3 rings (SSSR count). The van der Waals surface area contributed by atoms with Crippen molar-refractivity contribution in [3.8, 4) is 0 Å². The number of benzene rings is 1. The summed E-state index contributed by atoms with van der Waals surface area (Å²) < 4.78 is 26.6. The second-order valence-electron chi connectivity index (χ2n) is 6.84. The number of para-hydroxylation sites is 1. The molecule has 0 bridgehead atoms. The summed E-state index contributed by atoms with van der Waals surface area (Å²) in [4.78, 5) is 14.7. The fourth-order valence-electron chi connectivity index (χ4n) is 3.89. The second-order valence-corrected chi connectivity index (χ2v) is 8.68. The summed E-state index contributed by atoms with van der Waals surface area (Å²) in [6.07, 6.45) is 2.63. The summed E-state index contributed by atoms with van der Waals surface area (Å²) >= 11 is 0. The summed E-state index contributed by atoms with van der Waals surface area (Å²) in [5, 5.41) is 0. The van der Waals surface area contributed by atoms with Gasteiger partial charge in [0.1, 0.15) is 0 Å². The maximum absolute atomic E-state index is 12.9. The summed E-state index contributed by atoms with van der Waals surface area (Å²) in [6, 6.07) is 6.98. The van der Waals surface area contributed by atoms with Gasteiger partial charge < -0.3 is 10.6 Å². The van der Waals surface area contributed by atoms with Crippen molar-refractivity contribution in [2.75, 3.05) is 23.6 Å². The van der Waals surface area contributed by atoms with Crippen LogP contribution in [0.5, 0.6) is 0 Å². The van der Waals surface area contributed by atoms with E-state index in [0.717, 1.165) is 12.8 Å². The lowest BCUT2D eigenvalue weighted by Gasteiger charge is -2.20. The van der Waals surface area contributed by atoms with Crippen LogP contribution in [0.3, 0.4) is 0 Å². The van der Waals surface area contributed by atoms with Gasteiger partial charge in [-0.05, 0) is 43.2 Å². The van der Waals surface area contributed by atoms with Crippen LogP contribution in [0.2, 0.25) is 0 Å². The molecule has 6 nitrogen and oxygen atoms in total. The molecule has 1 heterocycles. The van der Waals surface area contributed by atoms with E-state index in [2.05, 4.69) is 4.72 Å². The van der Waals surface area contributed by atoms with Crippen LogP contribution in [0.25, 0.3) is 0 Å². The zero-order valence-corrected chi connectivity index (χ0v) is 16.0. The van der Waals surface area contributed by atoms with Crippen molar-refractivity contribution in [3.63, 3.8) is 0 Å². The number of fused-ring (bicyclic) bond motifs is 1. The SMILES string of the molecule is CCCS(=O)(=O)Nc1ccccc1C(=O)N1CC2CCC(N)C2C1.Cl. The number of sulfonamides is 1. The van der Waals surface area contributed by atoms with Crippen molar-refractivity contribution in [2.45, 2.75) is 32.2 Å². The topological polar surface area (TPSA) is 92.5 Å². The molecule has 8 heteroatoms. The van der Waals surface area contributed by atoms with E-state index in [-0.39, 0.29) is 30.1 Å². The minimum Gasteiger partial charge on any atom is -0.338 e. The van der Waals surface area contributed by atoms with E-state index in [4.69, 9.17) is 5.73 Å². The largest absolute Gasteiger partial charge is 0.338 e. The minimum absolute atomic E-state index is 0. The Balaban J connectivity index is 0.00000225. The van der Waals surface area contributed by atoms with E-state index in [1.165, 1.54) is 0 Å². The van der Waals surface area contributed by atoms with Gasteiger partial charge in [-0.1, -0.05) is 19.1 Å². The van der Waals surface area contributed by atoms with Crippen LogP contribution >= 0.6 is 12.4 Å². The van der Waals surface area contributed by atoms with E-state index >= 15 is 0 Å². The number of nitrogens with one attached hydrogen (secondary N) is 1. The van der Waals surface area contributed by atoms with Crippen LogP contribution in [-0.2, 0) is 10.0 Å². The van der Waals surface area contributed by atoms with Crippen molar-refractivity contribution in [3.05, 3.63) is 29.8 Å². The highest BCUT2D eigenvalue weighted by Gasteiger charge is 2.42. The molecule has 0 spiro atoms. The summed E-state index contributed by atoms with van der Waals surface area (Å²) in [6.45, 7) is 3.19. The molecule has 0 aromatic heterocycles. The molecule has 1 aliphatic carbocycles. The summed E-state index contributed by atoms with van der Waals surface area (Å²) in [5.41, 5.74) is 6.90. The van der Waals surface area contributed by atoms with Crippen molar-refractivity contribution in [1.82, 2.24) is 4.90 Å². The van der Waals surface area contributed by atoms with Crippen molar-refractivity contribution in [1.29, 1.82) is 0 Å². The van der Waals surface area contributed by atoms with Crippen molar-refractivity contribution < 1.29 is 13.2 Å². The van der Waals surface area contributed by atoms with Crippen LogP contribution in [0.1, 0.15) is 36.5 Å². The smallest absolute Gasteiger partial charge is 0.256 e. The van der Waals surface area contributed by atoms with Crippen LogP contribution in [0, 0.1) is 11.8 Å². The van der Waals surface area contributed by atoms with E-state index in [0.29, 0.717) is 42.6 Å². The molecule has 25 heavy (non-hydrogen) atoms. The number of anilines is 1. The average Bonchev–Trinajstić information content (AvgIpc) is 3.09. The normalized spacial score (nSPS) is 25.4. The maximum Gasteiger partial charge on any atom is 0.256 e. The number of amides is 1. The number of likely N-dealkylation sites (tertiary alicyclic amines) is 1. The van der Waals surface area contributed by atoms with Crippen molar-refractivity contribution in [2.24, 2.45) is 17.6 Å². The molecule has 1 amide bonds. The van der Waals surface area contributed by atoms with Gasteiger partial charge in [-0.15, -0.1) is 12.4 Å². The van der Waals surface area contributed by atoms with Crippen LogP contribution in [0.15, 0.2) is 24.3 Å². The van der Waals surface area contributed by atoms with Gasteiger partial charge >= 0.3 is 0 Å². The molecule has 140 valence electrons. The molecule has 3 N–H and O–H groups in total. The average molecular weight is 388 g/mol. The van der Waals surface area contributed by atoms with E-state index in [1.807, 2.05) is 11.8 Å². The Bertz CT molecular complexity index is 726. The predicted octanol–water partition coefficient (Wildman–Crippen LogP) is 2.07. The summed E-state index contributed by atoms with van der Waals surface area (Å²) in [7, 11) is -3.43. The lowest BCUT2D eigenvalue weighted by molar-refractivity contribution is 0.0780. The molecule has 3 unspecified atom stereocenters. The molecule has 3 atom stereocenters. The Morgan fingerprint density at radius 3 is 2.68 bits per heavy atom. The molecule has 2 aliphatic rings. The van der Waals surface area contributed by atoms with Gasteiger partial charge in [-0.2, -0.15) is 0 Å². The molecule has 1 aromatic carbocycles. The monoisotopic (exact) mass is 387 g/mol. The lowest BCUT2D eigenvalue weighted by atomic mass is 9.98. The Labute approximate surface area is 155 Å². The number of halogens is 1. The number of carbonyl (C=O) groups is 1. The number of hydrogen-bond acceptors (Lipinski definition) is 4. The first kappa shape index (κ1) is 20.0. The highest BCUT2D eigenvalue weighted by Crippen LogP contribution is 2.38. The predicted molar refractivity (Wildman–Crippen MR) is 101 cm³/mol. The molecule has 2 fully saturated rings. The van der Waals surface area contributed by atoms with Crippen LogP contribution < -0.4 is 10.5 Å². The van der Waals surface area contributed by atoms with Gasteiger partial charge in [0.25, 0.3) is 5.91 Å². The zero-order valence-electron chi connectivity index (χ0n) is 14.3. The van der Waals surface area contributed by atoms with Crippen LogP contribution in [-0.4, -0.2) is 44.1 Å². The van der Waals surface area contributed by atoms with Gasteiger partial charge in [0.15, 0.2) is 0 Å². The molecular weight excluding hydrogens is 362 g/mol. The fraction of sp³-hybridized carbons (Fsp3) is 0.588. The Kier molecular flexibility index (Phi) is 6.35. The minimum atomic E-state index is -3.43. The first-order valence-corrected chi connectivity index (χ1v) is 10.2. The van der Waals surface area contributed by atoms with Gasteiger partial charge in [0.2, 0.25) is 10.0 Å². The second kappa shape index (κ2) is 7.93. The highest BCUT2D eigenvalue weighted by molar-refractivity contribution is 7.92. The molecule has 1 saturated heterocycles. The Morgan fingerprint density at radius 2 is 2.00 bits per heavy atom. The fourth-order valence-corrected chi connectivity index (χ4v) is 5.04. The third-order valence-electron chi connectivity index (χ3n) is 5.10. The van der Waals surface area contributed by atoms with Gasteiger partial charge in [-0.3, -0.25) is 9.52 Å². The van der Waals surface area contributed by atoms with Gasteiger partial charge in [-0.25, -0.2) is 8.42 Å². The van der Waals surface area contributed by atoms with Crippen molar-refractivity contribution >= 4 is 34.0 Å². The number of carbonyl (C=O) groups excluding carboxylic acids is 1. The molecule has 0 radical (unpaired) electrons. The quantitative estimate of drug-likeness (QED) is 0.808. The van der Waals surface area contributed by atoms with Gasteiger partial charge in [0, 0.05) is 19.1 Å². The molecule has 1 aliphatic heterocycles. The lowest BCUT2D eigenvalue weighted by Crippen LogP contribution is -2.34. The third kappa shape index (κ3) is 4.27. The standard InChI is InChI=1S/C17H25N3O3S.ClH/c1-2-9-24(22,23)19-16-6-4-3-5-13(16)17(21)20-10-12-7-8-15(18)14(12)11-20;/h3-6,12,14-15,19H,2,7-11,18H2,1H3;1H. The number of rotatable bonds is 5. The molecule has 1 saturated carbocycles. The van der Waals surface area contributed by atoms with Gasteiger partial charge in [0.05, 0.1) is 17.0 Å².